The molecule has 3 heterocycles. The lowest BCUT2D eigenvalue weighted by Gasteiger charge is -2.32. The summed E-state index contributed by atoms with van der Waals surface area (Å²) in [6.45, 7) is 2.27. The largest absolute Gasteiger partial charge is 0.480 e. The number of ether oxygens (including phenoxy) is 1. The Morgan fingerprint density at radius 2 is 2.30 bits per heavy atom. The molecule has 5 nitrogen and oxygen atoms in total. The van der Waals surface area contributed by atoms with Crippen molar-refractivity contribution < 1.29 is 9.53 Å². The summed E-state index contributed by atoms with van der Waals surface area (Å²) < 4.78 is 5.16. The maximum atomic E-state index is 12.4. The number of methoxy groups -OCH3 is 1. The number of hydrogen-bond acceptors (Lipinski definition) is 4. The molecule has 0 spiro atoms. The van der Waals surface area contributed by atoms with E-state index < -0.39 is 0 Å². The maximum Gasteiger partial charge on any atom is 0.257 e. The quantitative estimate of drug-likeness (QED) is 0.907. The molecule has 5 heteroatoms. The molecule has 3 rings (SSSR count). The second kappa shape index (κ2) is 5.79. The van der Waals surface area contributed by atoms with Gasteiger partial charge in [-0.15, -0.1) is 0 Å². The van der Waals surface area contributed by atoms with Crippen molar-refractivity contribution in [3.8, 4) is 5.88 Å². The van der Waals surface area contributed by atoms with Gasteiger partial charge in [0.2, 0.25) is 5.88 Å². The van der Waals surface area contributed by atoms with Gasteiger partial charge in [0, 0.05) is 24.8 Å². The van der Waals surface area contributed by atoms with Gasteiger partial charge in [-0.3, -0.25) is 9.69 Å². The number of fused-ring (bicyclic) bond motifs is 1. The van der Waals surface area contributed by atoms with Gasteiger partial charge in [0.1, 0.15) is 5.56 Å². The molecule has 0 aliphatic carbocycles. The van der Waals surface area contributed by atoms with E-state index >= 15 is 0 Å². The Morgan fingerprint density at radius 3 is 3.15 bits per heavy atom. The number of carbonyl (C=O) groups is 1. The molecule has 2 saturated heterocycles. The first-order chi connectivity index (χ1) is 9.79. The Balaban J connectivity index is 1.70. The van der Waals surface area contributed by atoms with E-state index in [1.807, 2.05) is 0 Å². The van der Waals surface area contributed by atoms with E-state index in [2.05, 4.69) is 15.2 Å². The Bertz CT molecular complexity index is 492. The smallest absolute Gasteiger partial charge is 0.257 e. The lowest BCUT2D eigenvalue weighted by Crippen LogP contribution is -2.46. The summed E-state index contributed by atoms with van der Waals surface area (Å²) in [5.74, 6) is 0.316. The highest BCUT2D eigenvalue weighted by atomic mass is 16.5. The van der Waals surface area contributed by atoms with Gasteiger partial charge in [-0.05, 0) is 37.9 Å². The molecule has 1 aromatic rings. The Labute approximate surface area is 119 Å². The van der Waals surface area contributed by atoms with Crippen LogP contribution in [0.5, 0.6) is 5.88 Å². The zero-order valence-electron chi connectivity index (χ0n) is 11.8. The molecule has 2 fully saturated rings. The number of aromatic nitrogens is 1. The third-order valence-corrected chi connectivity index (χ3v) is 4.38. The van der Waals surface area contributed by atoms with Crippen molar-refractivity contribution in [2.45, 2.75) is 37.8 Å². The van der Waals surface area contributed by atoms with Crippen LogP contribution in [0.4, 0.5) is 0 Å². The molecule has 0 unspecified atom stereocenters. The topological polar surface area (TPSA) is 54.5 Å². The standard InChI is InChI=1S/C15H21N3O2/c1-20-15-11(5-4-8-16-15)14(19)17-12-7-10-18-9-3-2-6-13(12)18/h4-5,8,12-13H,2-3,6-7,9-10H2,1H3,(H,17,19)/t12-,13+/m1/s1. The van der Waals surface area contributed by atoms with Gasteiger partial charge in [-0.25, -0.2) is 4.98 Å². The van der Waals surface area contributed by atoms with Crippen LogP contribution in [0.1, 0.15) is 36.0 Å². The molecular weight excluding hydrogens is 254 g/mol. The van der Waals surface area contributed by atoms with Crippen molar-refractivity contribution in [2.24, 2.45) is 0 Å². The van der Waals surface area contributed by atoms with E-state index in [4.69, 9.17) is 4.74 Å². The summed E-state index contributed by atoms with van der Waals surface area (Å²) in [7, 11) is 1.54. The van der Waals surface area contributed by atoms with Crippen LogP contribution in [0.25, 0.3) is 0 Å². The van der Waals surface area contributed by atoms with Crippen LogP contribution in [-0.2, 0) is 0 Å². The van der Waals surface area contributed by atoms with Crippen LogP contribution in [0.15, 0.2) is 18.3 Å². The molecular formula is C15H21N3O2. The summed E-state index contributed by atoms with van der Waals surface area (Å²) in [5.41, 5.74) is 0.518. The van der Waals surface area contributed by atoms with E-state index in [0.717, 1.165) is 13.0 Å². The fourth-order valence-corrected chi connectivity index (χ4v) is 3.39. The molecule has 108 valence electrons. The van der Waals surface area contributed by atoms with Crippen LogP contribution in [0.3, 0.4) is 0 Å². The number of pyridine rings is 1. The van der Waals surface area contributed by atoms with Gasteiger partial charge in [0.15, 0.2) is 0 Å². The minimum atomic E-state index is -0.0765. The number of amides is 1. The summed E-state index contributed by atoms with van der Waals surface area (Å²) in [6, 6.07) is 4.29. The first kappa shape index (κ1) is 13.4. The molecule has 20 heavy (non-hydrogen) atoms. The third kappa shape index (κ3) is 2.50. The molecule has 1 amide bonds. The molecule has 0 radical (unpaired) electrons. The Hall–Kier alpha value is -1.62. The van der Waals surface area contributed by atoms with Crippen LogP contribution >= 0.6 is 0 Å². The summed E-state index contributed by atoms with van der Waals surface area (Å²) in [6.07, 6.45) is 6.42. The summed E-state index contributed by atoms with van der Waals surface area (Å²) in [4.78, 5) is 19.0. The first-order valence-corrected chi connectivity index (χ1v) is 7.33. The molecule has 0 bridgehead atoms. The Morgan fingerprint density at radius 1 is 1.40 bits per heavy atom. The van der Waals surface area contributed by atoms with Crippen molar-refractivity contribution in [3.05, 3.63) is 23.9 Å². The van der Waals surface area contributed by atoms with Gasteiger partial charge in [0.25, 0.3) is 5.91 Å². The predicted octanol–water partition coefficient (Wildman–Crippen LogP) is 1.45. The first-order valence-electron chi connectivity index (χ1n) is 7.33. The second-order valence-electron chi connectivity index (χ2n) is 5.53. The van der Waals surface area contributed by atoms with E-state index in [0.29, 0.717) is 17.5 Å². The van der Waals surface area contributed by atoms with E-state index in [1.54, 1.807) is 18.3 Å². The van der Waals surface area contributed by atoms with Crippen molar-refractivity contribution in [1.29, 1.82) is 0 Å². The van der Waals surface area contributed by atoms with Gasteiger partial charge in [-0.1, -0.05) is 6.42 Å². The predicted molar refractivity (Wildman–Crippen MR) is 75.9 cm³/mol. The van der Waals surface area contributed by atoms with Crippen molar-refractivity contribution in [1.82, 2.24) is 15.2 Å². The fourth-order valence-electron chi connectivity index (χ4n) is 3.39. The maximum absolute atomic E-state index is 12.4. The molecule has 2 aliphatic rings. The van der Waals surface area contributed by atoms with Crippen molar-refractivity contribution in [3.63, 3.8) is 0 Å². The normalized spacial score (nSPS) is 26.1. The Kier molecular flexibility index (Phi) is 3.87. The molecule has 1 N–H and O–H groups in total. The molecule has 0 aromatic carbocycles. The SMILES string of the molecule is COc1ncccc1C(=O)N[C@@H]1CCN2CCCC[C@@H]12. The second-order valence-corrected chi connectivity index (χ2v) is 5.53. The van der Waals surface area contributed by atoms with E-state index in [-0.39, 0.29) is 11.9 Å². The molecule has 2 aliphatic heterocycles. The van der Waals surface area contributed by atoms with Crippen LogP contribution in [0, 0.1) is 0 Å². The highest BCUT2D eigenvalue weighted by Gasteiger charge is 2.36. The van der Waals surface area contributed by atoms with Crippen LogP contribution < -0.4 is 10.1 Å². The van der Waals surface area contributed by atoms with Crippen molar-refractivity contribution >= 4 is 5.91 Å². The minimum Gasteiger partial charge on any atom is -0.480 e. The monoisotopic (exact) mass is 275 g/mol. The molecule has 0 saturated carbocycles. The van der Waals surface area contributed by atoms with Gasteiger partial charge < -0.3 is 10.1 Å². The number of rotatable bonds is 3. The lowest BCUT2D eigenvalue weighted by atomic mass is 9.99. The molecule has 2 atom stereocenters. The van der Waals surface area contributed by atoms with E-state index in [1.165, 1.54) is 32.9 Å². The lowest BCUT2D eigenvalue weighted by molar-refractivity contribution is 0.0911. The molecule has 1 aromatic heterocycles. The van der Waals surface area contributed by atoms with Crippen molar-refractivity contribution in [2.75, 3.05) is 20.2 Å². The fraction of sp³-hybridized carbons (Fsp3) is 0.600. The minimum absolute atomic E-state index is 0.0765. The average Bonchev–Trinajstić information content (AvgIpc) is 2.90. The number of nitrogens with one attached hydrogen (secondary N) is 1. The number of piperidine rings is 1. The van der Waals surface area contributed by atoms with Gasteiger partial charge >= 0.3 is 0 Å². The highest BCUT2D eigenvalue weighted by molar-refractivity contribution is 5.96. The summed E-state index contributed by atoms with van der Waals surface area (Å²) in [5, 5.41) is 3.17. The summed E-state index contributed by atoms with van der Waals surface area (Å²) >= 11 is 0. The average molecular weight is 275 g/mol. The third-order valence-electron chi connectivity index (χ3n) is 4.38. The number of nitrogens with zero attached hydrogens (tertiary/aromatic N) is 2. The van der Waals surface area contributed by atoms with Crippen LogP contribution in [0.2, 0.25) is 0 Å². The zero-order valence-corrected chi connectivity index (χ0v) is 11.8. The van der Waals surface area contributed by atoms with Gasteiger partial charge in [-0.2, -0.15) is 0 Å². The number of hydrogen-bond donors (Lipinski definition) is 1. The zero-order chi connectivity index (χ0) is 13.9. The number of carbonyl (C=O) groups excluding carboxylic acids is 1. The van der Waals surface area contributed by atoms with Gasteiger partial charge in [0.05, 0.1) is 7.11 Å². The highest BCUT2D eigenvalue weighted by Crippen LogP contribution is 2.27. The van der Waals surface area contributed by atoms with Crippen LogP contribution in [-0.4, -0.2) is 48.1 Å². The van der Waals surface area contributed by atoms with E-state index in [9.17, 15) is 4.79 Å².